The number of hydrogen-bond donors (Lipinski definition) is 0. The quantitative estimate of drug-likeness (QED) is 0.601. The first-order chi connectivity index (χ1) is 9.22. The van der Waals surface area contributed by atoms with Crippen LogP contribution in [0.5, 0.6) is 0 Å². The van der Waals surface area contributed by atoms with Crippen molar-refractivity contribution in [3.05, 3.63) is 48.0 Å². The Labute approximate surface area is 114 Å². The molecule has 2 rings (SSSR count). The average molecular weight is 259 g/mol. The van der Waals surface area contributed by atoms with Gasteiger partial charge >= 0.3 is 0 Å². The number of benzene rings is 1. The molecule has 0 unspecified atom stereocenters. The van der Waals surface area contributed by atoms with E-state index in [1.54, 1.807) is 6.08 Å². The lowest BCUT2D eigenvalue weighted by atomic mass is 10.1. The second kappa shape index (κ2) is 6.53. The molecular formula is C16H21NO2. The Morgan fingerprint density at radius 1 is 1.47 bits per heavy atom. The Hall–Kier alpha value is -1.61. The molecule has 1 fully saturated rings. The van der Waals surface area contributed by atoms with Crippen LogP contribution in [0.25, 0.3) is 0 Å². The summed E-state index contributed by atoms with van der Waals surface area (Å²) in [6, 6.07) is 7.96. The SMILES string of the molecule is C=CCOC[C@@H]1CCCN1C(=O)c1ccc(C)cc1. The standard InChI is InChI=1S/C16H21NO2/c1-3-11-19-12-15-5-4-10-17(15)16(18)14-8-6-13(2)7-9-14/h3,6-9,15H,1,4-5,10-12H2,2H3/t15-/m0/s1. The first kappa shape index (κ1) is 13.8. The molecule has 1 aliphatic heterocycles. The minimum atomic E-state index is 0.115. The summed E-state index contributed by atoms with van der Waals surface area (Å²) >= 11 is 0. The molecule has 0 N–H and O–H groups in total. The van der Waals surface area contributed by atoms with Gasteiger partial charge in [-0.25, -0.2) is 0 Å². The minimum absolute atomic E-state index is 0.115. The van der Waals surface area contributed by atoms with Crippen LogP contribution >= 0.6 is 0 Å². The third-order valence-electron chi connectivity index (χ3n) is 3.48. The molecule has 0 aromatic heterocycles. The van der Waals surface area contributed by atoms with Crippen molar-refractivity contribution >= 4 is 5.91 Å². The van der Waals surface area contributed by atoms with Crippen molar-refractivity contribution in [3.8, 4) is 0 Å². The highest BCUT2D eigenvalue weighted by Crippen LogP contribution is 2.20. The monoisotopic (exact) mass is 259 g/mol. The average Bonchev–Trinajstić information content (AvgIpc) is 2.87. The van der Waals surface area contributed by atoms with Crippen LogP contribution in [0.15, 0.2) is 36.9 Å². The number of likely N-dealkylation sites (tertiary alicyclic amines) is 1. The lowest BCUT2D eigenvalue weighted by molar-refractivity contribution is 0.0589. The molecule has 1 saturated heterocycles. The van der Waals surface area contributed by atoms with Gasteiger partial charge in [-0.1, -0.05) is 23.8 Å². The summed E-state index contributed by atoms with van der Waals surface area (Å²) in [6.45, 7) is 7.63. The molecule has 1 atom stereocenters. The van der Waals surface area contributed by atoms with E-state index in [0.29, 0.717) is 13.2 Å². The Kier molecular flexibility index (Phi) is 4.74. The predicted octanol–water partition coefficient (Wildman–Crippen LogP) is 2.80. The summed E-state index contributed by atoms with van der Waals surface area (Å²) < 4.78 is 5.49. The van der Waals surface area contributed by atoms with Crippen molar-refractivity contribution in [1.29, 1.82) is 0 Å². The zero-order valence-electron chi connectivity index (χ0n) is 11.5. The van der Waals surface area contributed by atoms with E-state index in [0.717, 1.165) is 24.9 Å². The van der Waals surface area contributed by atoms with Crippen LogP contribution in [0, 0.1) is 6.92 Å². The minimum Gasteiger partial charge on any atom is -0.375 e. The van der Waals surface area contributed by atoms with Crippen LogP contribution in [0.4, 0.5) is 0 Å². The van der Waals surface area contributed by atoms with Crippen LogP contribution in [-0.2, 0) is 4.74 Å². The normalized spacial score (nSPS) is 18.6. The summed E-state index contributed by atoms with van der Waals surface area (Å²) in [5.74, 6) is 0.115. The molecule has 1 aromatic carbocycles. The van der Waals surface area contributed by atoms with E-state index in [1.807, 2.05) is 36.1 Å². The van der Waals surface area contributed by atoms with Gasteiger partial charge in [-0.3, -0.25) is 4.79 Å². The van der Waals surface area contributed by atoms with Crippen LogP contribution in [-0.4, -0.2) is 36.6 Å². The van der Waals surface area contributed by atoms with E-state index in [9.17, 15) is 4.79 Å². The Balaban J connectivity index is 2.00. The second-order valence-electron chi connectivity index (χ2n) is 4.99. The van der Waals surface area contributed by atoms with Gasteiger partial charge in [-0.15, -0.1) is 6.58 Å². The summed E-state index contributed by atoms with van der Waals surface area (Å²) in [5.41, 5.74) is 1.94. The van der Waals surface area contributed by atoms with Crippen molar-refractivity contribution in [3.63, 3.8) is 0 Å². The molecule has 0 bridgehead atoms. The second-order valence-corrected chi connectivity index (χ2v) is 4.99. The van der Waals surface area contributed by atoms with E-state index in [4.69, 9.17) is 4.74 Å². The molecule has 0 radical (unpaired) electrons. The molecule has 102 valence electrons. The summed E-state index contributed by atoms with van der Waals surface area (Å²) in [5, 5.41) is 0. The van der Waals surface area contributed by atoms with Gasteiger partial charge in [-0.05, 0) is 31.9 Å². The Morgan fingerprint density at radius 2 is 2.21 bits per heavy atom. The van der Waals surface area contributed by atoms with Crippen molar-refractivity contribution in [2.45, 2.75) is 25.8 Å². The lowest BCUT2D eigenvalue weighted by Gasteiger charge is -2.24. The van der Waals surface area contributed by atoms with Gasteiger partial charge in [0.2, 0.25) is 0 Å². The van der Waals surface area contributed by atoms with Crippen LogP contribution in [0.3, 0.4) is 0 Å². The third kappa shape index (κ3) is 3.44. The lowest BCUT2D eigenvalue weighted by Crippen LogP contribution is -2.38. The molecule has 0 aliphatic carbocycles. The van der Waals surface area contributed by atoms with Crippen molar-refractivity contribution in [2.75, 3.05) is 19.8 Å². The number of rotatable bonds is 5. The van der Waals surface area contributed by atoms with E-state index >= 15 is 0 Å². The van der Waals surface area contributed by atoms with Gasteiger partial charge in [0, 0.05) is 12.1 Å². The van der Waals surface area contributed by atoms with E-state index in [2.05, 4.69) is 6.58 Å². The van der Waals surface area contributed by atoms with Crippen molar-refractivity contribution in [2.24, 2.45) is 0 Å². The maximum atomic E-state index is 12.5. The predicted molar refractivity (Wildman–Crippen MR) is 76.3 cm³/mol. The largest absolute Gasteiger partial charge is 0.375 e. The van der Waals surface area contributed by atoms with E-state index in [1.165, 1.54) is 5.56 Å². The van der Waals surface area contributed by atoms with Gasteiger partial charge in [0.1, 0.15) is 0 Å². The molecule has 19 heavy (non-hydrogen) atoms. The zero-order chi connectivity index (χ0) is 13.7. The molecule has 3 nitrogen and oxygen atoms in total. The number of ether oxygens (including phenoxy) is 1. The van der Waals surface area contributed by atoms with E-state index < -0.39 is 0 Å². The first-order valence-corrected chi connectivity index (χ1v) is 6.78. The summed E-state index contributed by atoms with van der Waals surface area (Å²) in [6.07, 6.45) is 3.82. The molecule has 1 aliphatic rings. The highest BCUT2D eigenvalue weighted by molar-refractivity contribution is 5.94. The highest BCUT2D eigenvalue weighted by atomic mass is 16.5. The molecule has 0 spiro atoms. The summed E-state index contributed by atoms with van der Waals surface area (Å²) in [4.78, 5) is 14.4. The van der Waals surface area contributed by atoms with Crippen LogP contribution in [0.1, 0.15) is 28.8 Å². The van der Waals surface area contributed by atoms with E-state index in [-0.39, 0.29) is 11.9 Å². The maximum Gasteiger partial charge on any atom is 0.254 e. The molecule has 1 heterocycles. The third-order valence-corrected chi connectivity index (χ3v) is 3.48. The van der Waals surface area contributed by atoms with Crippen molar-refractivity contribution in [1.82, 2.24) is 4.90 Å². The number of aryl methyl sites for hydroxylation is 1. The Morgan fingerprint density at radius 3 is 2.89 bits per heavy atom. The van der Waals surface area contributed by atoms with Gasteiger partial charge in [0.25, 0.3) is 5.91 Å². The van der Waals surface area contributed by atoms with Gasteiger partial charge in [0.05, 0.1) is 19.3 Å². The fourth-order valence-electron chi connectivity index (χ4n) is 2.43. The molecule has 1 amide bonds. The van der Waals surface area contributed by atoms with Gasteiger partial charge < -0.3 is 9.64 Å². The zero-order valence-corrected chi connectivity index (χ0v) is 11.5. The maximum absolute atomic E-state index is 12.5. The number of carbonyl (C=O) groups excluding carboxylic acids is 1. The fourth-order valence-corrected chi connectivity index (χ4v) is 2.43. The molecule has 1 aromatic rings. The summed E-state index contributed by atoms with van der Waals surface area (Å²) in [7, 11) is 0. The van der Waals surface area contributed by atoms with Gasteiger partial charge in [0.15, 0.2) is 0 Å². The first-order valence-electron chi connectivity index (χ1n) is 6.78. The van der Waals surface area contributed by atoms with Crippen LogP contribution < -0.4 is 0 Å². The number of hydrogen-bond acceptors (Lipinski definition) is 2. The molecular weight excluding hydrogens is 238 g/mol. The molecule has 3 heteroatoms. The fraction of sp³-hybridized carbons (Fsp3) is 0.438. The molecule has 0 saturated carbocycles. The number of carbonyl (C=O) groups is 1. The number of nitrogens with zero attached hydrogens (tertiary/aromatic N) is 1. The smallest absolute Gasteiger partial charge is 0.254 e. The number of amides is 1. The Bertz CT molecular complexity index is 439. The highest BCUT2D eigenvalue weighted by Gasteiger charge is 2.29. The topological polar surface area (TPSA) is 29.5 Å². The van der Waals surface area contributed by atoms with Crippen molar-refractivity contribution < 1.29 is 9.53 Å². The van der Waals surface area contributed by atoms with Crippen LogP contribution in [0.2, 0.25) is 0 Å². The van der Waals surface area contributed by atoms with Gasteiger partial charge in [-0.2, -0.15) is 0 Å².